The fourth-order valence-electron chi connectivity index (χ4n) is 2.00. The van der Waals surface area contributed by atoms with Crippen LogP contribution in [-0.4, -0.2) is 49.1 Å². The van der Waals surface area contributed by atoms with Crippen molar-refractivity contribution in [2.24, 2.45) is 0 Å². The standard InChI is InChI=1S/C12H20N4/c13-5-1-3-7-15-9-11-16(12-10-15)8-4-2-6-14/h1-4,7-12H2. The van der Waals surface area contributed by atoms with Gasteiger partial charge in [-0.2, -0.15) is 10.5 Å². The average Bonchev–Trinajstić information content (AvgIpc) is 2.32. The minimum Gasteiger partial charge on any atom is -0.301 e. The van der Waals surface area contributed by atoms with E-state index in [1.54, 1.807) is 0 Å². The molecule has 1 saturated heterocycles. The Labute approximate surface area is 98.1 Å². The summed E-state index contributed by atoms with van der Waals surface area (Å²) in [7, 11) is 0. The van der Waals surface area contributed by atoms with E-state index in [1.807, 2.05) is 0 Å². The van der Waals surface area contributed by atoms with Gasteiger partial charge in [0.25, 0.3) is 0 Å². The third-order valence-electron chi connectivity index (χ3n) is 2.99. The Hall–Kier alpha value is -1.10. The van der Waals surface area contributed by atoms with Crippen LogP contribution >= 0.6 is 0 Å². The zero-order valence-corrected chi connectivity index (χ0v) is 9.86. The number of piperazine rings is 1. The molecular weight excluding hydrogens is 200 g/mol. The Bertz CT molecular complexity index is 227. The lowest BCUT2D eigenvalue weighted by atomic mass is 10.2. The van der Waals surface area contributed by atoms with Crippen LogP contribution in [0.2, 0.25) is 0 Å². The smallest absolute Gasteiger partial charge is 0.0622 e. The molecule has 0 spiro atoms. The van der Waals surface area contributed by atoms with Crippen molar-refractivity contribution in [3.8, 4) is 12.1 Å². The van der Waals surface area contributed by atoms with E-state index < -0.39 is 0 Å². The van der Waals surface area contributed by atoms with Gasteiger partial charge in [-0.3, -0.25) is 0 Å². The van der Waals surface area contributed by atoms with Crippen molar-refractivity contribution in [3.05, 3.63) is 0 Å². The Balaban J connectivity index is 2.05. The van der Waals surface area contributed by atoms with Crippen LogP contribution in [0.1, 0.15) is 25.7 Å². The Morgan fingerprint density at radius 2 is 1.12 bits per heavy atom. The zero-order valence-electron chi connectivity index (χ0n) is 9.86. The SMILES string of the molecule is N#CCCCN1CCN(CCCC#N)CC1. The van der Waals surface area contributed by atoms with Crippen LogP contribution in [0.3, 0.4) is 0 Å². The largest absolute Gasteiger partial charge is 0.301 e. The molecule has 0 aromatic carbocycles. The van der Waals surface area contributed by atoms with E-state index in [1.165, 1.54) is 0 Å². The van der Waals surface area contributed by atoms with Crippen LogP contribution in [0.15, 0.2) is 0 Å². The maximum Gasteiger partial charge on any atom is 0.0622 e. The van der Waals surface area contributed by atoms with E-state index in [0.29, 0.717) is 12.8 Å². The average molecular weight is 220 g/mol. The van der Waals surface area contributed by atoms with Gasteiger partial charge in [-0.05, 0) is 25.9 Å². The number of unbranched alkanes of at least 4 members (excludes halogenated alkanes) is 2. The third kappa shape index (κ3) is 5.11. The monoisotopic (exact) mass is 220 g/mol. The molecule has 0 amide bonds. The van der Waals surface area contributed by atoms with Crippen LogP contribution < -0.4 is 0 Å². The summed E-state index contributed by atoms with van der Waals surface area (Å²) in [4.78, 5) is 4.86. The number of hydrogen-bond donors (Lipinski definition) is 0. The summed E-state index contributed by atoms with van der Waals surface area (Å²) in [6.07, 6.45) is 3.32. The van der Waals surface area contributed by atoms with E-state index in [2.05, 4.69) is 21.9 Å². The van der Waals surface area contributed by atoms with Crippen LogP contribution in [0.5, 0.6) is 0 Å². The van der Waals surface area contributed by atoms with Crippen molar-refractivity contribution >= 4 is 0 Å². The lowest BCUT2D eigenvalue weighted by Crippen LogP contribution is -2.46. The van der Waals surface area contributed by atoms with Crippen LogP contribution in [0.25, 0.3) is 0 Å². The highest BCUT2D eigenvalue weighted by atomic mass is 15.3. The molecule has 1 heterocycles. The van der Waals surface area contributed by atoms with Gasteiger partial charge >= 0.3 is 0 Å². The maximum atomic E-state index is 8.46. The highest BCUT2D eigenvalue weighted by Crippen LogP contribution is 2.04. The van der Waals surface area contributed by atoms with Gasteiger partial charge in [0.1, 0.15) is 0 Å². The minimum atomic E-state index is 0.669. The Kier molecular flexibility index (Phi) is 6.56. The minimum absolute atomic E-state index is 0.669. The topological polar surface area (TPSA) is 54.1 Å². The van der Waals surface area contributed by atoms with Gasteiger partial charge in [0.15, 0.2) is 0 Å². The van der Waals surface area contributed by atoms with E-state index in [0.717, 1.165) is 52.1 Å². The lowest BCUT2D eigenvalue weighted by Gasteiger charge is -2.34. The maximum absolute atomic E-state index is 8.46. The molecule has 1 aliphatic rings. The van der Waals surface area contributed by atoms with Gasteiger partial charge in [0.2, 0.25) is 0 Å². The molecule has 1 rings (SSSR count). The molecule has 0 unspecified atom stereocenters. The summed E-state index contributed by atoms with van der Waals surface area (Å²) < 4.78 is 0. The summed E-state index contributed by atoms with van der Waals surface area (Å²) in [6.45, 7) is 6.55. The molecule has 16 heavy (non-hydrogen) atoms. The van der Waals surface area contributed by atoms with Gasteiger partial charge in [0, 0.05) is 39.0 Å². The number of hydrogen-bond acceptors (Lipinski definition) is 4. The molecule has 4 nitrogen and oxygen atoms in total. The molecular formula is C12H20N4. The molecule has 4 heteroatoms. The summed E-state index contributed by atoms with van der Waals surface area (Å²) in [5.74, 6) is 0. The highest BCUT2D eigenvalue weighted by molar-refractivity contribution is 4.76. The van der Waals surface area contributed by atoms with Crippen LogP contribution in [0.4, 0.5) is 0 Å². The van der Waals surface area contributed by atoms with Gasteiger partial charge in [-0.15, -0.1) is 0 Å². The molecule has 1 fully saturated rings. The molecule has 0 saturated carbocycles. The summed E-state index contributed by atoms with van der Waals surface area (Å²) in [6, 6.07) is 4.37. The second-order valence-corrected chi connectivity index (χ2v) is 4.21. The molecule has 0 bridgehead atoms. The quantitative estimate of drug-likeness (QED) is 0.631. The van der Waals surface area contributed by atoms with E-state index in [-0.39, 0.29) is 0 Å². The molecule has 0 aromatic rings. The summed E-state index contributed by atoms with van der Waals surface area (Å²) >= 11 is 0. The predicted molar refractivity (Wildman–Crippen MR) is 62.6 cm³/mol. The van der Waals surface area contributed by atoms with Gasteiger partial charge in [0.05, 0.1) is 12.1 Å². The molecule has 0 N–H and O–H groups in total. The normalized spacial score (nSPS) is 17.9. The first-order valence-electron chi connectivity index (χ1n) is 6.05. The molecule has 0 aliphatic carbocycles. The van der Waals surface area contributed by atoms with Crippen molar-refractivity contribution < 1.29 is 0 Å². The van der Waals surface area contributed by atoms with Crippen molar-refractivity contribution in [2.45, 2.75) is 25.7 Å². The van der Waals surface area contributed by atoms with Crippen LogP contribution in [-0.2, 0) is 0 Å². The number of rotatable bonds is 6. The van der Waals surface area contributed by atoms with Crippen LogP contribution in [0, 0.1) is 22.7 Å². The van der Waals surface area contributed by atoms with Crippen molar-refractivity contribution in [2.75, 3.05) is 39.3 Å². The first-order valence-corrected chi connectivity index (χ1v) is 6.05. The molecule has 88 valence electrons. The third-order valence-corrected chi connectivity index (χ3v) is 2.99. The fraction of sp³-hybridized carbons (Fsp3) is 0.833. The molecule has 0 atom stereocenters. The van der Waals surface area contributed by atoms with Gasteiger partial charge in [-0.1, -0.05) is 0 Å². The molecule has 0 radical (unpaired) electrons. The second-order valence-electron chi connectivity index (χ2n) is 4.21. The first kappa shape index (κ1) is 13.0. The zero-order chi connectivity index (χ0) is 11.6. The first-order chi connectivity index (χ1) is 7.86. The van der Waals surface area contributed by atoms with E-state index >= 15 is 0 Å². The predicted octanol–water partition coefficient (Wildman–Crippen LogP) is 1.21. The van der Waals surface area contributed by atoms with E-state index in [9.17, 15) is 0 Å². The number of nitrogens with zero attached hydrogens (tertiary/aromatic N) is 4. The molecule has 0 aromatic heterocycles. The van der Waals surface area contributed by atoms with Gasteiger partial charge in [-0.25, -0.2) is 0 Å². The summed E-state index contributed by atoms with van der Waals surface area (Å²) in [5.41, 5.74) is 0. The lowest BCUT2D eigenvalue weighted by molar-refractivity contribution is 0.131. The van der Waals surface area contributed by atoms with Crippen molar-refractivity contribution in [3.63, 3.8) is 0 Å². The molecule has 1 aliphatic heterocycles. The van der Waals surface area contributed by atoms with Crippen molar-refractivity contribution in [1.82, 2.24) is 9.80 Å². The highest BCUT2D eigenvalue weighted by Gasteiger charge is 2.15. The Morgan fingerprint density at radius 3 is 1.44 bits per heavy atom. The second kappa shape index (κ2) is 8.10. The fourth-order valence-corrected chi connectivity index (χ4v) is 2.00. The summed E-state index contributed by atoms with van der Waals surface area (Å²) in [5, 5.41) is 16.9. The van der Waals surface area contributed by atoms with Gasteiger partial charge < -0.3 is 9.80 Å². The van der Waals surface area contributed by atoms with Crippen molar-refractivity contribution in [1.29, 1.82) is 10.5 Å². The Morgan fingerprint density at radius 1 is 0.750 bits per heavy atom. The van der Waals surface area contributed by atoms with E-state index in [4.69, 9.17) is 10.5 Å². The number of nitriles is 2.